The average Bonchev–Trinajstić information content (AvgIpc) is 2.74. The highest BCUT2D eigenvalue weighted by molar-refractivity contribution is 7.80. The second kappa shape index (κ2) is 13.0. The van der Waals surface area contributed by atoms with Gasteiger partial charge in [-0.25, -0.2) is 4.79 Å². The molecular formula is C21H32N4O6S. The van der Waals surface area contributed by atoms with Crippen LogP contribution in [0, 0.1) is 5.92 Å². The van der Waals surface area contributed by atoms with Crippen molar-refractivity contribution in [3.05, 3.63) is 35.9 Å². The van der Waals surface area contributed by atoms with Crippen molar-refractivity contribution < 1.29 is 29.4 Å². The minimum Gasteiger partial charge on any atom is -0.480 e. The molecular weight excluding hydrogens is 436 g/mol. The van der Waals surface area contributed by atoms with Gasteiger partial charge in [0.25, 0.3) is 0 Å². The molecule has 5 unspecified atom stereocenters. The van der Waals surface area contributed by atoms with E-state index in [-0.39, 0.29) is 12.2 Å². The Morgan fingerprint density at radius 3 is 1.97 bits per heavy atom. The summed E-state index contributed by atoms with van der Waals surface area (Å²) in [7, 11) is 0. The third-order valence-electron chi connectivity index (χ3n) is 4.74. The zero-order valence-corrected chi connectivity index (χ0v) is 19.2. The number of aliphatic hydroxyl groups is 1. The van der Waals surface area contributed by atoms with Gasteiger partial charge in [-0.05, 0) is 18.4 Å². The number of rotatable bonds is 12. The highest BCUT2D eigenvalue weighted by Crippen LogP contribution is 2.07. The van der Waals surface area contributed by atoms with Crippen molar-refractivity contribution in [2.24, 2.45) is 11.7 Å². The lowest BCUT2D eigenvalue weighted by Crippen LogP contribution is -2.60. The van der Waals surface area contributed by atoms with E-state index in [1.807, 2.05) is 0 Å². The third-order valence-corrected chi connectivity index (χ3v) is 5.14. The van der Waals surface area contributed by atoms with Crippen LogP contribution < -0.4 is 21.7 Å². The van der Waals surface area contributed by atoms with Gasteiger partial charge in [-0.2, -0.15) is 12.6 Å². The summed E-state index contributed by atoms with van der Waals surface area (Å²) in [6.07, 6.45) is -1.22. The van der Waals surface area contributed by atoms with E-state index in [9.17, 15) is 29.4 Å². The van der Waals surface area contributed by atoms with E-state index >= 15 is 0 Å². The lowest BCUT2D eigenvalue weighted by Gasteiger charge is -2.27. The molecule has 1 rings (SSSR count). The second-order valence-corrected chi connectivity index (χ2v) is 8.20. The molecule has 3 amide bonds. The SMILES string of the molecule is CC(C)C(NC(=O)C(NC(=O)C(Cc1ccccc1)NC(=O)C(N)CS)C(C)O)C(=O)O. The van der Waals surface area contributed by atoms with E-state index in [2.05, 4.69) is 28.6 Å². The summed E-state index contributed by atoms with van der Waals surface area (Å²) in [6.45, 7) is 4.52. The van der Waals surface area contributed by atoms with Crippen LogP contribution in [0.5, 0.6) is 0 Å². The Hall–Kier alpha value is -2.63. The highest BCUT2D eigenvalue weighted by atomic mass is 32.1. The Morgan fingerprint density at radius 1 is 0.938 bits per heavy atom. The van der Waals surface area contributed by atoms with Gasteiger partial charge in [0.1, 0.15) is 18.1 Å². The summed E-state index contributed by atoms with van der Waals surface area (Å²) in [5.41, 5.74) is 6.43. The number of benzene rings is 1. The van der Waals surface area contributed by atoms with Crippen LogP contribution in [-0.4, -0.2) is 69.9 Å². The van der Waals surface area contributed by atoms with Crippen molar-refractivity contribution in [2.75, 3.05) is 5.75 Å². The van der Waals surface area contributed by atoms with Crippen LogP contribution in [0.3, 0.4) is 0 Å². The zero-order chi connectivity index (χ0) is 24.4. The number of carboxylic acid groups (broad SMARTS) is 1. The molecule has 0 aliphatic rings. The van der Waals surface area contributed by atoms with Gasteiger partial charge in [0.2, 0.25) is 17.7 Å². The molecule has 32 heavy (non-hydrogen) atoms. The number of hydrogen-bond donors (Lipinski definition) is 7. The van der Waals surface area contributed by atoms with Crippen LogP contribution in [0.2, 0.25) is 0 Å². The average molecular weight is 469 g/mol. The Kier molecular flexibility index (Phi) is 11.2. The Bertz CT molecular complexity index is 790. The fourth-order valence-corrected chi connectivity index (χ4v) is 3.00. The molecule has 178 valence electrons. The number of aliphatic hydroxyl groups excluding tert-OH is 1. The number of amides is 3. The monoisotopic (exact) mass is 468 g/mol. The number of carbonyl (C=O) groups excluding carboxylic acids is 3. The smallest absolute Gasteiger partial charge is 0.326 e. The molecule has 0 saturated carbocycles. The van der Waals surface area contributed by atoms with Gasteiger partial charge in [0, 0.05) is 12.2 Å². The number of carboxylic acids is 1. The first-order valence-corrected chi connectivity index (χ1v) is 10.8. The first-order valence-electron chi connectivity index (χ1n) is 10.2. The van der Waals surface area contributed by atoms with E-state index in [1.54, 1.807) is 44.2 Å². The van der Waals surface area contributed by atoms with Gasteiger partial charge in [0.15, 0.2) is 0 Å². The molecule has 0 aliphatic carbocycles. The number of aliphatic carboxylic acids is 1. The van der Waals surface area contributed by atoms with Gasteiger partial charge in [-0.3, -0.25) is 14.4 Å². The Morgan fingerprint density at radius 2 is 1.50 bits per heavy atom. The van der Waals surface area contributed by atoms with Crippen molar-refractivity contribution in [3.8, 4) is 0 Å². The van der Waals surface area contributed by atoms with Crippen molar-refractivity contribution >= 4 is 36.3 Å². The molecule has 0 spiro atoms. The first kappa shape index (κ1) is 27.4. The van der Waals surface area contributed by atoms with Crippen molar-refractivity contribution in [1.82, 2.24) is 16.0 Å². The molecule has 0 radical (unpaired) electrons. The lowest BCUT2D eigenvalue weighted by atomic mass is 10.0. The van der Waals surface area contributed by atoms with Crippen LogP contribution in [0.15, 0.2) is 30.3 Å². The summed E-state index contributed by atoms with van der Waals surface area (Å²) in [6, 6.07) is 4.22. The van der Waals surface area contributed by atoms with Gasteiger partial charge < -0.3 is 31.9 Å². The normalized spacial score (nSPS) is 15.7. The molecule has 0 heterocycles. The van der Waals surface area contributed by atoms with Crippen molar-refractivity contribution in [3.63, 3.8) is 0 Å². The molecule has 0 aromatic heterocycles. The maximum Gasteiger partial charge on any atom is 0.326 e. The highest BCUT2D eigenvalue weighted by Gasteiger charge is 2.33. The second-order valence-electron chi connectivity index (χ2n) is 7.84. The van der Waals surface area contributed by atoms with Gasteiger partial charge in [-0.15, -0.1) is 0 Å². The maximum absolute atomic E-state index is 13.0. The minimum absolute atomic E-state index is 0.0655. The number of nitrogens with two attached hydrogens (primary N) is 1. The van der Waals surface area contributed by atoms with Crippen LogP contribution in [0.4, 0.5) is 0 Å². The zero-order valence-electron chi connectivity index (χ0n) is 18.3. The Labute approximate surface area is 192 Å². The number of hydrogen-bond acceptors (Lipinski definition) is 7. The van der Waals surface area contributed by atoms with E-state index in [4.69, 9.17) is 5.73 Å². The molecule has 10 nitrogen and oxygen atoms in total. The molecule has 5 atom stereocenters. The molecule has 0 aliphatic heterocycles. The van der Waals surface area contributed by atoms with E-state index in [0.717, 1.165) is 5.56 Å². The van der Waals surface area contributed by atoms with Gasteiger partial charge >= 0.3 is 5.97 Å². The van der Waals surface area contributed by atoms with Crippen molar-refractivity contribution in [2.45, 2.75) is 57.5 Å². The molecule has 0 fully saturated rings. The van der Waals surface area contributed by atoms with Gasteiger partial charge in [-0.1, -0.05) is 44.2 Å². The molecule has 0 bridgehead atoms. The predicted molar refractivity (Wildman–Crippen MR) is 122 cm³/mol. The fourth-order valence-electron chi connectivity index (χ4n) is 2.84. The first-order chi connectivity index (χ1) is 15.0. The molecule has 1 aromatic rings. The Balaban J connectivity index is 3.05. The molecule has 0 saturated heterocycles. The standard InChI is InChI=1S/C21H32N4O6S/c1-11(2)16(21(30)31)24-20(29)17(12(3)26)25-19(28)15(23-18(27)14(22)10-32)9-13-7-5-4-6-8-13/h4-8,11-12,14-17,26,32H,9-10,22H2,1-3H3,(H,23,27)(H,24,29)(H,25,28)(H,30,31). The van der Waals surface area contributed by atoms with Crippen molar-refractivity contribution in [1.29, 1.82) is 0 Å². The van der Waals surface area contributed by atoms with Crippen LogP contribution in [-0.2, 0) is 25.6 Å². The molecule has 1 aromatic carbocycles. The third kappa shape index (κ3) is 8.48. The molecule has 7 N–H and O–H groups in total. The summed E-state index contributed by atoms with van der Waals surface area (Å²) in [4.78, 5) is 49.3. The van der Waals surface area contributed by atoms with E-state index in [1.165, 1.54) is 6.92 Å². The number of carbonyl (C=O) groups is 4. The lowest BCUT2D eigenvalue weighted by molar-refractivity contribution is -0.144. The van der Waals surface area contributed by atoms with Crippen LogP contribution >= 0.6 is 12.6 Å². The van der Waals surface area contributed by atoms with Crippen LogP contribution in [0.1, 0.15) is 26.3 Å². The summed E-state index contributed by atoms with van der Waals surface area (Å²) < 4.78 is 0. The van der Waals surface area contributed by atoms with Gasteiger partial charge in [0.05, 0.1) is 12.1 Å². The summed E-state index contributed by atoms with van der Waals surface area (Å²) in [5.74, 6) is -3.78. The minimum atomic E-state index is -1.43. The quantitative estimate of drug-likeness (QED) is 0.194. The molecule has 11 heteroatoms. The number of nitrogens with one attached hydrogen (secondary N) is 3. The predicted octanol–water partition coefficient (Wildman–Crippen LogP) is -0.938. The maximum atomic E-state index is 13.0. The summed E-state index contributed by atoms with van der Waals surface area (Å²) >= 11 is 3.98. The van der Waals surface area contributed by atoms with E-state index in [0.29, 0.717) is 0 Å². The largest absolute Gasteiger partial charge is 0.480 e. The summed E-state index contributed by atoms with van der Waals surface area (Å²) in [5, 5.41) is 26.6. The topological polar surface area (TPSA) is 171 Å². The number of thiol groups is 1. The van der Waals surface area contributed by atoms with E-state index < -0.39 is 59.9 Å². The van der Waals surface area contributed by atoms with Crippen LogP contribution in [0.25, 0.3) is 0 Å². The fraction of sp³-hybridized carbons (Fsp3) is 0.524.